The molecular weight excluding hydrogens is 230 g/mol. The third-order valence-corrected chi connectivity index (χ3v) is 4.64. The molecule has 0 bridgehead atoms. The minimum absolute atomic E-state index is 0.00972. The maximum Gasteiger partial charge on any atom is 0.323 e. The Kier molecular flexibility index (Phi) is 3.57. The van der Waals surface area contributed by atoms with E-state index in [2.05, 4.69) is 4.90 Å². The van der Waals surface area contributed by atoms with Gasteiger partial charge in [0.2, 0.25) is 0 Å². The van der Waals surface area contributed by atoms with Crippen molar-refractivity contribution in [2.45, 2.75) is 56.7 Å². The SMILES string of the molecule is COC(=O)C(C1CC1)N1CCOC2CCCCC21. The van der Waals surface area contributed by atoms with E-state index in [1.165, 1.54) is 39.2 Å². The summed E-state index contributed by atoms with van der Waals surface area (Å²) in [5.41, 5.74) is 0. The van der Waals surface area contributed by atoms with Crippen molar-refractivity contribution in [1.29, 1.82) is 0 Å². The van der Waals surface area contributed by atoms with E-state index in [4.69, 9.17) is 9.47 Å². The van der Waals surface area contributed by atoms with Gasteiger partial charge >= 0.3 is 5.97 Å². The predicted molar refractivity (Wildman–Crippen MR) is 67.2 cm³/mol. The van der Waals surface area contributed by atoms with Gasteiger partial charge in [0.05, 0.1) is 19.8 Å². The largest absolute Gasteiger partial charge is 0.468 e. The summed E-state index contributed by atoms with van der Waals surface area (Å²) in [6.45, 7) is 1.65. The van der Waals surface area contributed by atoms with Gasteiger partial charge in [-0.15, -0.1) is 0 Å². The smallest absolute Gasteiger partial charge is 0.323 e. The highest BCUT2D eigenvalue weighted by Crippen LogP contribution is 2.39. The number of esters is 1. The summed E-state index contributed by atoms with van der Waals surface area (Å²) in [5.74, 6) is 0.488. The molecule has 3 atom stereocenters. The van der Waals surface area contributed by atoms with Crippen LogP contribution in [-0.2, 0) is 14.3 Å². The van der Waals surface area contributed by atoms with Crippen LogP contribution in [0.2, 0.25) is 0 Å². The van der Waals surface area contributed by atoms with Crippen molar-refractivity contribution in [3.8, 4) is 0 Å². The molecule has 0 amide bonds. The van der Waals surface area contributed by atoms with E-state index in [0.717, 1.165) is 19.6 Å². The van der Waals surface area contributed by atoms with Crippen LogP contribution in [0.1, 0.15) is 38.5 Å². The fourth-order valence-electron chi connectivity index (χ4n) is 3.60. The highest BCUT2D eigenvalue weighted by atomic mass is 16.5. The van der Waals surface area contributed by atoms with Crippen LogP contribution in [0, 0.1) is 5.92 Å². The van der Waals surface area contributed by atoms with Crippen LogP contribution in [-0.4, -0.2) is 49.3 Å². The zero-order chi connectivity index (χ0) is 12.5. The van der Waals surface area contributed by atoms with Gasteiger partial charge in [-0.05, 0) is 31.6 Å². The Morgan fingerprint density at radius 2 is 2.06 bits per heavy atom. The van der Waals surface area contributed by atoms with Gasteiger partial charge in [0.15, 0.2) is 0 Å². The molecule has 3 fully saturated rings. The highest BCUT2D eigenvalue weighted by Gasteiger charge is 2.46. The predicted octanol–water partition coefficient (Wildman–Crippen LogP) is 1.58. The number of rotatable bonds is 3. The summed E-state index contributed by atoms with van der Waals surface area (Å²) >= 11 is 0. The number of methoxy groups -OCH3 is 1. The number of fused-ring (bicyclic) bond motifs is 1. The van der Waals surface area contributed by atoms with Crippen LogP contribution in [0.3, 0.4) is 0 Å². The number of nitrogens with zero attached hydrogens (tertiary/aromatic N) is 1. The number of carbonyl (C=O) groups excluding carboxylic acids is 1. The Hall–Kier alpha value is -0.610. The molecule has 2 aliphatic carbocycles. The van der Waals surface area contributed by atoms with Gasteiger partial charge in [-0.1, -0.05) is 12.8 Å². The molecule has 18 heavy (non-hydrogen) atoms. The average molecular weight is 253 g/mol. The number of ether oxygens (including phenoxy) is 2. The lowest BCUT2D eigenvalue weighted by Gasteiger charge is -2.46. The number of carbonyl (C=O) groups is 1. The van der Waals surface area contributed by atoms with Gasteiger partial charge in [0.25, 0.3) is 0 Å². The molecule has 1 saturated heterocycles. The van der Waals surface area contributed by atoms with E-state index >= 15 is 0 Å². The second-order valence-electron chi connectivity index (χ2n) is 5.80. The van der Waals surface area contributed by atoms with Gasteiger partial charge < -0.3 is 9.47 Å². The maximum absolute atomic E-state index is 12.1. The van der Waals surface area contributed by atoms with Gasteiger partial charge in [0, 0.05) is 12.6 Å². The normalized spacial score (nSPS) is 34.7. The standard InChI is InChI=1S/C14H23NO3/c1-17-14(16)13(10-6-7-10)15-8-9-18-12-5-3-2-4-11(12)15/h10-13H,2-9H2,1H3. The Bertz CT molecular complexity index is 314. The molecule has 3 rings (SSSR count). The van der Waals surface area contributed by atoms with Gasteiger partial charge in [-0.2, -0.15) is 0 Å². The summed E-state index contributed by atoms with van der Waals surface area (Å²) in [6.07, 6.45) is 7.55. The summed E-state index contributed by atoms with van der Waals surface area (Å²) in [5, 5.41) is 0. The van der Waals surface area contributed by atoms with E-state index in [9.17, 15) is 4.79 Å². The molecule has 3 unspecified atom stereocenters. The fourth-order valence-corrected chi connectivity index (χ4v) is 3.60. The first-order chi connectivity index (χ1) is 8.81. The maximum atomic E-state index is 12.1. The summed E-state index contributed by atoms with van der Waals surface area (Å²) in [7, 11) is 1.51. The third kappa shape index (κ3) is 2.28. The van der Waals surface area contributed by atoms with Crippen molar-refractivity contribution in [2.75, 3.05) is 20.3 Å². The molecule has 0 N–H and O–H groups in total. The molecular formula is C14H23NO3. The Morgan fingerprint density at radius 3 is 2.78 bits per heavy atom. The molecule has 1 heterocycles. The van der Waals surface area contributed by atoms with Crippen LogP contribution in [0.4, 0.5) is 0 Å². The van der Waals surface area contributed by atoms with E-state index in [-0.39, 0.29) is 12.0 Å². The number of hydrogen-bond acceptors (Lipinski definition) is 4. The van der Waals surface area contributed by atoms with Gasteiger partial charge in [-0.3, -0.25) is 9.69 Å². The first-order valence-electron chi connectivity index (χ1n) is 7.26. The van der Waals surface area contributed by atoms with E-state index < -0.39 is 0 Å². The fraction of sp³-hybridized carbons (Fsp3) is 0.929. The second kappa shape index (κ2) is 5.17. The molecule has 0 spiro atoms. The molecule has 3 aliphatic rings. The summed E-state index contributed by atoms with van der Waals surface area (Å²) in [4.78, 5) is 14.5. The molecule has 0 aromatic rings. The molecule has 0 aromatic carbocycles. The van der Waals surface area contributed by atoms with E-state index in [1.807, 2.05) is 0 Å². The van der Waals surface area contributed by atoms with Crippen molar-refractivity contribution < 1.29 is 14.3 Å². The lowest BCUT2D eigenvalue weighted by molar-refractivity contribution is -0.158. The van der Waals surface area contributed by atoms with E-state index in [1.54, 1.807) is 0 Å². The molecule has 2 saturated carbocycles. The van der Waals surface area contributed by atoms with Gasteiger partial charge in [-0.25, -0.2) is 0 Å². The van der Waals surface area contributed by atoms with Crippen LogP contribution in [0.25, 0.3) is 0 Å². The molecule has 4 heteroatoms. The Labute approximate surface area is 109 Å². The van der Waals surface area contributed by atoms with Crippen LogP contribution in [0.5, 0.6) is 0 Å². The van der Waals surface area contributed by atoms with Crippen LogP contribution in [0.15, 0.2) is 0 Å². The molecule has 102 valence electrons. The Balaban J connectivity index is 1.76. The van der Waals surface area contributed by atoms with Crippen LogP contribution >= 0.6 is 0 Å². The quantitative estimate of drug-likeness (QED) is 0.716. The topological polar surface area (TPSA) is 38.8 Å². The lowest BCUT2D eigenvalue weighted by atomic mass is 9.88. The molecule has 0 radical (unpaired) electrons. The highest BCUT2D eigenvalue weighted by molar-refractivity contribution is 5.76. The van der Waals surface area contributed by atoms with Crippen LogP contribution < -0.4 is 0 Å². The minimum Gasteiger partial charge on any atom is -0.468 e. The number of morpholine rings is 1. The van der Waals surface area contributed by atoms with Crippen molar-refractivity contribution in [1.82, 2.24) is 4.90 Å². The van der Waals surface area contributed by atoms with Crippen molar-refractivity contribution in [3.63, 3.8) is 0 Å². The van der Waals surface area contributed by atoms with Crippen molar-refractivity contribution in [3.05, 3.63) is 0 Å². The summed E-state index contributed by atoms with van der Waals surface area (Å²) < 4.78 is 10.9. The van der Waals surface area contributed by atoms with E-state index in [0.29, 0.717) is 18.1 Å². The molecule has 1 aliphatic heterocycles. The van der Waals surface area contributed by atoms with Crippen molar-refractivity contribution in [2.24, 2.45) is 5.92 Å². The summed E-state index contributed by atoms with van der Waals surface area (Å²) in [6, 6.07) is 0.432. The lowest BCUT2D eigenvalue weighted by Crippen LogP contribution is -2.59. The third-order valence-electron chi connectivity index (χ3n) is 4.64. The monoisotopic (exact) mass is 253 g/mol. The Morgan fingerprint density at radius 1 is 1.28 bits per heavy atom. The second-order valence-corrected chi connectivity index (χ2v) is 5.80. The minimum atomic E-state index is -0.0382. The first-order valence-corrected chi connectivity index (χ1v) is 7.26. The zero-order valence-electron chi connectivity index (χ0n) is 11.1. The van der Waals surface area contributed by atoms with Gasteiger partial charge in [0.1, 0.15) is 6.04 Å². The molecule has 4 nitrogen and oxygen atoms in total. The first kappa shape index (κ1) is 12.4. The number of hydrogen-bond donors (Lipinski definition) is 0. The zero-order valence-corrected chi connectivity index (χ0v) is 11.1. The van der Waals surface area contributed by atoms with Crippen molar-refractivity contribution >= 4 is 5.97 Å². The average Bonchev–Trinajstić information content (AvgIpc) is 3.24. The molecule has 0 aromatic heterocycles.